The van der Waals surface area contributed by atoms with Crippen molar-refractivity contribution in [3.63, 3.8) is 0 Å². The summed E-state index contributed by atoms with van der Waals surface area (Å²) < 4.78 is 14.9. The van der Waals surface area contributed by atoms with Gasteiger partial charge in [-0.1, -0.05) is 0 Å². The maximum atomic E-state index is 13.1. The summed E-state index contributed by atoms with van der Waals surface area (Å²) in [6.07, 6.45) is 0.350. The van der Waals surface area contributed by atoms with Crippen molar-refractivity contribution in [2.75, 3.05) is 19.6 Å². The van der Waals surface area contributed by atoms with Crippen LogP contribution in [-0.2, 0) is 11.2 Å². The smallest absolute Gasteiger partial charge is 0.227 e. The molecule has 128 valence electrons. The second-order valence-electron chi connectivity index (χ2n) is 6.35. The Balaban J connectivity index is 1.84. The monoisotopic (exact) mass is 330 g/mol. The first-order valence-electron chi connectivity index (χ1n) is 8.28. The SMILES string of the molecule is Cc1nn(-c2ccc(F)cc2)c(C)c1CC(=O)N1CCNC[C@H]1C. The van der Waals surface area contributed by atoms with Crippen LogP contribution in [0.4, 0.5) is 4.39 Å². The number of hydrogen-bond acceptors (Lipinski definition) is 3. The summed E-state index contributed by atoms with van der Waals surface area (Å²) in [6, 6.07) is 6.43. The maximum Gasteiger partial charge on any atom is 0.227 e. The summed E-state index contributed by atoms with van der Waals surface area (Å²) in [7, 11) is 0. The predicted molar refractivity (Wildman–Crippen MR) is 90.7 cm³/mol. The second-order valence-corrected chi connectivity index (χ2v) is 6.35. The number of nitrogens with zero attached hydrogens (tertiary/aromatic N) is 3. The number of hydrogen-bond donors (Lipinski definition) is 1. The number of benzene rings is 1. The first-order valence-corrected chi connectivity index (χ1v) is 8.28. The minimum Gasteiger partial charge on any atom is -0.337 e. The van der Waals surface area contributed by atoms with Crippen LogP contribution in [0, 0.1) is 19.7 Å². The Kier molecular flexibility index (Phi) is 4.66. The highest BCUT2D eigenvalue weighted by atomic mass is 19.1. The highest BCUT2D eigenvalue weighted by Crippen LogP contribution is 2.20. The third-order valence-electron chi connectivity index (χ3n) is 4.66. The molecular weight excluding hydrogens is 307 g/mol. The van der Waals surface area contributed by atoms with Gasteiger partial charge in [-0.2, -0.15) is 5.10 Å². The van der Waals surface area contributed by atoms with E-state index in [1.165, 1.54) is 12.1 Å². The molecule has 0 radical (unpaired) electrons. The van der Waals surface area contributed by atoms with Crippen LogP contribution in [0.2, 0.25) is 0 Å². The maximum absolute atomic E-state index is 13.1. The van der Waals surface area contributed by atoms with E-state index in [-0.39, 0.29) is 17.8 Å². The Labute approximate surface area is 141 Å². The molecule has 1 aliphatic rings. The third kappa shape index (κ3) is 3.19. The Hall–Kier alpha value is -2.21. The molecular formula is C18H23FN4O. The van der Waals surface area contributed by atoms with Gasteiger partial charge in [0.15, 0.2) is 0 Å². The summed E-state index contributed by atoms with van der Waals surface area (Å²) in [6.45, 7) is 8.33. The molecule has 5 nitrogen and oxygen atoms in total. The number of aromatic nitrogens is 2. The number of rotatable bonds is 3. The number of piperazine rings is 1. The van der Waals surface area contributed by atoms with E-state index in [9.17, 15) is 9.18 Å². The van der Waals surface area contributed by atoms with Crippen molar-refractivity contribution >= 4 is 5.91 Å². The van der Waals surface area contributed by atoms with Crippen LogP contribution in [0.15, 0.2) is 24.3 Å². The molecule has 0 bridgehead atoms. The average Bonchev–Trinajstić information content (AvgIpc) is 2.84. The molecule has 2 aromatic rings. The first-order chi connectivity index (χ1) is 11.5. The average molecular weight is 330 g/mol. The first kappa shape index (κ1) is 16.6. The summed E-state index contributed by atoms with van der Waals surface area (Å²) in [5.41, 5.74) is 3.52. The minimum absolute atomic E-state index is 0.133. The zero-order valence-corrected chi connectivity index (χ0v) is 14.3. The largest absolute Gasteiger partial charge is 0.337 e. The lowest BCUT2D eigenvalue weighted by atomic mass is 10.1. The Morgan fingerprint density at radius 2 is 2.04 bits per heavy atom. The predicted octanol–water partition coefficient (Wildman–Crippen LogP) is 1.99. The van der Waals surface area contributed by atoms with Crippen LogP contribution in [0.3, 0.4) is 0 Å². The van der Waals surface area contributed by atoms with Crippen molar-refractivity contribution < 1.29 is 9.18 Å². The summed E-state index contributed by atoms with van der Waals surface area (Å²) in [5, 5.41) is 7.83. The lowest BCUT2D eigenvalue weighted by Gasteiger charge is -2.34. The molecule has 1 N–H and O–H groups in total. The minimum atomic E-state index is -0.275. The molecule has 3 rings (SSSR count). The van der Waals surface area contributed by atoms with Crippen molar-refractivity contribution in [2.45, 2.75) is 33.2 Å². The van der Waals surface area contributed by atoms with Gasteiger partial charge < -0.3 is 10.2 Å². The van der Waals surface area contributed by atoms with Crippen LogP contribution in [-0.4, -0.2) is 46.3 Å². The van der Waals surface area contributed by atoms with Gasteiger partial charge in [0.1, 0.15) is 5.82 Å². The van der Waals surface area contributed by atoms with Gasteiger partial charge in [0.05, 0.1) is 17.8 Å². The molecule has 1 aliphatic heterocycles. The Morgan fingerprint density at radius 3 is 2.71 bits per heavy atom. The fourth-order valence-corrected chi connectivity index (χ4v) is 3.23. The van der Waals surface area contributed by atoms with Crippen LogP contribution in [0.5, 0.6) is 0 Å². The van der Waals surface area contributed by atoms with Crippen molar-refractivity contribution in [3.05, 3.63) is 47.0 Å². The molecule has 1 saturated heterocycles. The molecule has 1 aromatic heterocycles. The van der Waals surface area contributed by atoms with Crippen molar-refractivity contribution in [3.8, 4) is 5.69 Å². The van der Waals surface area contributed by atoms with Crippen molar-refractivity contribution in [1.82, 2.24) is 20.0 Å². The summed E-state index contributed by atoms with van der Waals surface area (Å²) in [5.74, 6) is -0.141. The van der Waals surface area contributed by atoms with E-state index in [0.717, 1.165) is 42.3 Å². The van der Waals surface area contributed by atoms with Gasteiger partial charge in [-0.3, -0.25) is 4.79 Å². The zero-order valence-electron chi connectivity index (χ0n) is 14.3. The molecule has 1 amide bonds. The van der Waals surface area contributed by atoms with Gasteiger partial charge in [0.25, 0.3) is 0 Å². The van der Waals surface area contributed by atoms with E-state index in [4.69, 9.17) is 0 Å². The molecule has 0 unspecified atom stereocenters. The molecule has 6 heteroatoms. The number of halogens is 1. The van der Waals surface area contributed by atoms with Gasteiger partial charge in [-0.05, 0) is 45.0 Å². The van der Waals surface area contributed by atoms with Crippen molar-refractivity contribution in [2.24, 2.45) is 0 Å². The number of aryl methyl sites for hydroxylation is 1. The zero-order chi connectivity index (χ0) is 17.3. The molecule has 1 fully saturated rings. The lowest BCUT2D eigenvalue weighted by Crippen LogP contribution is -2.52. The van der Waals surface area contributed by atoms with E-state index in [1.54, 1.807) is 16.8 Å². The number of amides is 1. The van der Waals surface area contributed by atoms with Gasteiger partial charge >= 0.3 is 0 Å². The van der Waals surface area contributed by atoms with Crippen molar-refractivity contribution in [1.29, 1.82) is 0 Å². The van der Waals surface area contributed by atoms with Crippen LogP contribution in [0.1, 0.15) is 23.9 Å². The highest BCUT2D eigenvalue weighted by Gasteiger charge is 2.25. The van der Waals surface area contributed by atoms with Crippen LogP contribution >= 0.6 is 0 Å². The van der Waals surface area contributed by atoms with E-state index in [2.05, 4.69) is 17.3 Å². The molecule has 2 heterocycles. The molecule has 0 aliphatic carbocycles. The summed E-state index contributed by atoms with van der Waals surface area (Å²) >= 11 is 0. The third-order valence-corrected chi connectivity index (χ3v) is 4.66. The molecule has 24 heavy (non-hydrogen) atoms. The number of carbonyl (C=O) groups excluding carboxylic acids is 1. The van der Waals surface area contributed by atoms with E-state index >= 15 is 0 Å². The topological polar surface area (TPSA) is 50.2 Å². The number of nitrogens with one attached hydrogen (secondary N) is 1. The highest BCUT2D eigenvalue weighted by molar-refractivity contribution is 5.79. The van der Waals surface area contributed by atoms with Crippen LogP contribution < -0.4 is 5.32 Å². The van der Waals surface area contributed by atoms with E-state index < -0.39 is 0 Å². The normalized spacial score (nSPS) is 18.0. The number of carbonyl (C=O) groups is 1. The van der Waals surface area contributed by atoms with Crippen LogP contribution in [0.25, 0.3) is 5.69 Å². The summed E-state index contributed by atoms with van der Waals surface area (Å²) in [4.78, 5) is 14.6. The standard InChI is InChI=1S/C18H23FN4O/c1-12-11-20-8-9-22(12)18(24)10-17-13(2)21-23(14(17)3)16-6-4-15(19)5-7-16/h4-7,12,20H,8-11H2,1-3H3/t12-/m1/s1. The molecule has 1 atom stereocenters. The Bertz CT molecular complexity index is 738. The van der Waals surface area contributed by atoms with Gasteiger partial charge in [0, 0.05) is 36.9 Å². The molecule has 0 saturated carbocycles. The quantitative estimate of drug-likeness (QED) is 0.936. The lowest BCUT2D eigenvalue weighted by molar-refractivity contribution is -0.133. The van der Waals surface area contributed by atoms with E-state index in [1.807, 2.05) is 18.7 Å². The van der Waals surface area contributed by atoms with Gasteiger partial charge in [0.2, 0.25) is 5.91 Å². The fraction of sp³-hybridized carbons (Fsp3) is 0.444. The second kappa shape index (κ2) is 6.73. The van der Waals surface area contributed by atoms with Gasteiger partial charge in [-0.25, -0.2) is 9.07 Å². The molecule has 1 aromatic carbocycles. The van der Waals surface area contributed by atoms with E-state index in [0.29, 0.717) is 6.42 Å². The molecule has 0 spiro atoms. The Morgan fingerprint density at radius 1 is 1.33 bits per heavy atom. The fourth-order valence-electron chi connectivity index (χ4n) is 3.23. The van der Waals surface area contributed by atoms with Gasteiger partial charge in [-0.15, -0.1) is 0 Å².